The van der Waals surface area contributed by atoms with Crippen molar-refractivity contribution in [2.24, 2.45) is 17.6 Å². The highest BCUT2D eigenvalue weighted by Crippen LogP contribution is 2.32. The van der Waals surface area contributed by atoms with E-state index < -0.39 is 0 Å². The number of halogens is 1. The molecule has 6 N–H and O–H groups in total. The molecule has 2 aromatic carbocycles. The zero-order valence-corrected chi connectivity index (χ0v) is 23.8. The Morgan fingerprint density at radius 3 is 2.23 bits per heavy atom. The van der Waals surface area contributed by atoms with Crippen molar-refractivity contribution in [1.82, 2.24) is 9.97 Å². The van der Waals surface area contributed by atoms with Crippen LogP contribution in [0.1, 0.15) is 63.5 Å². The van der Waals surface area contributed by atoms with Crippen molar-refractivity contribution in [3.8, 4) is 11.5 Å². The predicted octanol–water partition coefficient (Wildman–Crippen LogP) is 6.63. The fourth-order valence-corrected chi connectivity index (χ4v) is 4.57. The van der Waals surface area contributed by atoms with Crippen molar-refractivity contribution in [3.63, 3.8) is 0 Å². The van der Waals surface area contributed by atoms with Gasteiger partial charge in [0.25, 0.3) is 0 Å². The molecular weight excluding hydrogens is 512 g/mol. The summed E-state index contributed by atoms with van der Waals surface area (Å²) in [5.74, 6) is 4.05. The Bertz CT molecular complexity index is 1130. The number of carbonyl (C=O) groups excluding carboxylic acids is 1. The number of ether oxygens (including phenoxy) is 1. The van der Waals surface area contributed by atoms with Crippen LogP contribution in [0.3, 0.4) is 0 Å². The molecule has 0 radical (unpaired) electrons. The number of rotatable bonds is 9. The second-order valence-corrected chi connectivity index (χ2v) is 9.77. The number of benzene rings is 2. The molecule has 1 fully saturated rings. The SMILES string of the molecule is CC(C)CCC1CCC(Nc2ncnc(N)c2C(=N)c2ccc(Oc3ccccc3)cc2)CC1.CCl.NC=O. The monoisotopic (exact) mass is 552 g/mol. The molecule has 3 aromatic rings. The van der Waals surface area contributed by atoms with E-state index >= 15 is 0 Å². The van der Waals surface area contributed by atoms with Crippen LogP contribution in [0.15, 0.2) is 60.9 Å². The first-order valence-electron chi connectivity index (χ1n) is 13.2. The predicted molar refractivity (Wildman–Crippen MR) is 161 cm³/mol. The molecule has 1 aliphatic rings. The van der Waals surface area contributed by atoms with Gasteiger partial charge in [-0.3, -0.25) is 10.2 Å². The number of nitrogens with zero attached hydrogens (tertiary/aromatic N) is 2. The molecule has 9 heteroatoms. The van der Waals surface area contributed by atoms with E-state index in [4.69, 9.17) is 20.7 Å². The minimum absolute atomic E-state index is 0.250. The third-order valence-corrected chi connectivity index (χ3v) is 6.59. The van der Waals surface area contributed by atoms with Crippen molar-refractivity contribution in [3.05, 3.63) is 72.1 Å². The molecule has 4 rings (SSSR count). The molecule has 1 aromatic heterocycles. The lowest BCUT2D eigenvalue weighted by Crippen LogP contribution is -2.28. The maximum absolute atomic E-state index is 8.85. The second-order valence-electron chi connectivity index (χ2n) is 9.77. The number of nitrogen functional groups attached to an aromatic ring is 1. The van der Waals surface area contributed by atoms with Gasteiger partial charge in [0, 0.05) is 18.0 Å². The lowest BCUT2D eigenvalue weighted by molar-refractivity contribution is -0.106. The first-order chi connectivity index (χ1) is 18.9. The van der Waals surface area contributed by atoms with Gasteiger partial charge in [0.15, 0.2) is 0 Å². The van der Waals surface area contributed by atoms with Crippen molar-refractivity contribution in [1.29, 1.82) is 5.41 Å². The first-order valence-corrected chi connectivity index (χ1v) is 14.0. The van der Waals surface area contributed by atoms with Crippen molar-refractivity contribution < 1.29 is 9.53 Å². The molecule has 0 unspecified atom stereocenters. The molecule has 1 amide bonds. The molecule has 210 valence electrons. The Labute approximate surface area is 237 Å². The summed E-state index contributed by atoms with van der Waals surface area (Å²) in [7, 11) is 0. The van der Waals surface area contributed by atoms with E-state index in [-0.39, 0.29) is 6.41 Å². The quantitative estimate of drug-likeness (QED) is 0.133. The summed E-state index contributed by atoms with van der Waals surface area (Å²) in [5, 5.41) is 12.4. The summed E-state index contributed by atoms with van der Waals surface area (Å²) in [6.45, 7) is 4.60. The van der Waals surface area contributed by atoms with Crippen LogP contribution in [-0.4, -0.2) is 34.5 Å². The molecule has 8 nitrogen and oxygen atoms in total. The first kappa shape index (κ1) is 31.6. The Hall–Kier alpha value is -3.65. The molecule has 1 aliphatic carbocycles. The molecule has 1 saturated carbocycles. The fourth-order valence-electron chi connectivity index (χ4n) is 4.57. The van der Waals surface area contributed by atoms with Gasteiger partial charge in [-0.25, -0.2) is 9.97 Å². The zero-order chi connectivity index (χ0) is 28.6. The van der Waals surface area contributed by atoms with E-state index in [1.54, 1.807) is 0 Å². The molecule has 0 bridgehead atoms. The summed E-state index contributed by atoms with van der Waals surface area (Å²) < 4.78 is 5.87. The van der Waals surface area contributed by atoms with Crippen molar-refractivity contribution in [2.75, 3.05) is 17.4 Å². The van der Waals surface area contributed by atoms with Gasteiger partial charge in [-0.1, -0.05) is 44.9 Å². The standard InChI is InChI=1S/C28H35N5O.CH3Cl.CH3NO/c1-19(2)8-9-20-10-14-22(15-11-20)33-28-25(27(30)31-18-32-28)26(29)21-12-16-24(17-13-21)34-23-6-4-3-5-7-23;1-2;2-1-3/h3-7,12-13,16-20,22,29H,8-11,14-15H2,1-2H3,(H3,30,31,32,33);1H3;1H,(H2,2,3). The van der Waals surface area contributed by atoms with Crippen LogP contribution in [0.25, 0.3) is 0 Å². The van der Waals surface area contributed by atoms with Crippen LogP contribution in [0.4, 0.5) is 11.6 Å². The average molecular weight is 553 g/mol. The Kier molecular flexibility index (Phi) is 13.8. The van der Waals surface area contributed by atoms with E-state index in [9.17, 15) is 0 Å². The minimum Gasteiger partial charge on any atom is -0.457 e. The lowest BCUT2D eigenvalue weighted by Gasteiger charge is -2.30. The Morgan fingerprint density at radius 1 is 1.05 bits per heavy atom. The maximum Gasteiger partial charge on any atom is 0.204 e. The Balaban J connectivity index is 0.000000998. The summed E-state index contributed by atoms with van der Waals surface area (Å²) in [6.07, 6.45) is 10.5. The number of aromatic nitrogens is 2. The number of hydrogen-bond acceptors (Lipinski definition) is 7. The van der Waals surface area contributed by atoms with Gasteiger partial charge in [0.2, 0.25) is 6.41 Å². The molecule has 1 heterocycles. The summed E-state index contributed by atoms with van der Waals surface area (Å²) in [5.41, 5.74) is 12.0. The van der Waals surface area contributed by atoms with Gasteiger partial charge in [-0.2, -0.15) is 0 Å². The molecule has 0 atom stereocenters. The molecular formula is C30H41ClN6O2. The number of nitrogens with one attached hydrogen (secondary N) is 2. The minimum atomic E-state index is 0.250. The van der Waals surface area contributed by atoms with E-state index in [1.165, 1.54) is 38.4 Å². The highest BCUT2D eigenvalue weighted by molar-refractivity contribution is 6.16. The Morgan fingerprint density at radius 2 is 1.64 bits per heavy atom. The van der Waals surface area contributed by atoms with Gasteiger partial charge in [-0.05, 0) is 73.9 Å². The molecule has 39 heavy (non-hydrogen) atoms. The second kappa shape index (κ2) is 17.0. The third-order valence-electron chi connectivity index (χ3n) is 6.59. The summed E-state index contributed by atoms with van der Waals surface area (Å²) in [6, 6.07) is 17.5. The topological polar surface area (TPSA) is 140 Å². The van der Waals surface area contributed by atoms with Crippen LogP contribution >= 0.6 is 11.6 Å². The molecule has 0 spiro atoms. The van der Waals surface area contributed by atoms with Gasteiger partial charge in [-0.15, -0.1) is 11.6 Å². The van der Waals surface area contributed by atoms with Crippen LogP contribution < -0.4 is 21.5 Å². The zero-order valence-electron chi connectivity index (χ0n) is 23.1. The molecule has 0 saturated heterocycles. The van der Waals surface area contributed by atoms with E-state index in [2.05, 4.69) is 46.5 Å². The number of carbonyl (C=O) groups is 1. The van der Waals surface area contributed by atoms with Gasteiger partial charge < -0.3 is 21.5 Å². The lowest BCUT2D eigenvalue weighted by atomic mass is 9.82. The molecule has 0 aliphatic heterocycles. The highest BCUT2D eigenvalue weighted by atomic mass is 35.5. The van der Waals surface area contributed by atoms with Crippen molar-refractivity contribution in [2.45, 2.75) is 58.4 Å². The normalized spacial score (nSPS) is 16.1. The van der Waals surface area contributed by atoms with Crippen molar-refractivity contribution >= 4 is 35.4 Å². The fraction of sp³-hybridized carbons (Fsp3) is 0.400. The number of nitrogens with two attached hydrogens (primary N) is 2. The number of primary amides is 1. The van der Waals surface area contributed by atoms with Crippen LogP contribution in [-0.2, 0) is 4.79 Å². The number of amides is 1. The number of anilines is 2. The van der Waals surface area contributed by atoms with Crippen LogP contribution in [0.2, 0.25) is 0 Å². The van der Waals surface area contributed by atoms with E-state index in [0.717, 1.165) is 36.0 Å². The van der Waals surface area contributed by atoms with Gasteiger partial charge in [0.1, 0.15) is 29.5 Å². The van der Waals surface area contributed by atoms with E-state index in [0.29, 0.717) is 34.7 Å². The van der Waals surface area contributed by atoms with E-state index in [1.807, 2.05) is 54.6 Å². The third kappa shape index (κ3) is 10.2. The van der Waals surface area contributed by atoms with Crippen LogP contribution in [0, 0.1) is 17.2 Å². The van der Waals surface area contributed by atoms with Gasteiger partial charge in [0.05, 0.1) is 11.3 Å². The average Bonchev–Trinajstić information content (AvgIpc) is 2.95. The highest BCUT2D eigenvalue weighted by Gasteiger charge is 2.24. The summed E-state index contributed by atoms with van der Waals surface area (Å²) >= 11 is 4.64. The number of para-hydroxylation sites is 1. The van der Waals surface area contributed by atoms with Gasteiger partial charge >= 0.3 is 0 Å². The smallest absolute Gasteiger partial charge is 0.204 e. The maximum atomic E-state index is 8.85. The summed E-state index contributed by atoms with van der Waals surface area (Å²) in [4.78, 5) is 17.2. The number of alkyl halides is 1. The largest absolute Gasteiger partial charge is 0.457 e. The van der Waals surface area contributed by atoms with Crippen LogP contribution in [0.5, 0.6) is 11.5 Å². The number of hydrogen-bond donors (Lipinski definition) is 4.